The van der Waals surface area contributed by atoms with E-state index in [1.165, 1.54) is 18.2 Å². The average Bonchev–Trinajstić information content (AvgIpc) is 2.76. The molecule has 0 spiro atoms. The van der Waals surface area contributed by atoms with E-state index in [0.717, 1.165) is 6.26 Å². The van der Waals surface area contributed by atoms with Crippen LogP contribution in [0.1, 0.15) is 16.1 Å². The molecule has 2 rings (SSSR count). The summed E-state index contributed by atoms with van der Waals surface area (Å²) in [6.45, 7) is 0. The van der Waals surface area contributed by atoms with Gasteiger partial charge < -0.3 is 9.52 Å². The molecule has 0 aliphatic heterocycles. The Kier molecular flexibility index (Phi) is 3.64. The van der Waals surface area contributed by atoms with Crippen LogP contribution >= 0.6 is 11.6 Å². The van der Waals surface area contributed by atoms with Crippen LogP contribution < -0.4 is 0 Å². The highest BCUT2D eigenvalue weighted by molar-refractivity contribution is 7.90. The maximum atomic E-state index is 12.2. The van der Waals surface area contributed by atoms with Gasteiger partial charge in [0.05, 0.1) is 16.2 Å². The summed E-state index contributed by atoms with van der Waals surface area (Å²) in [7, 11) is -3.76. The second kappa shape index (κ2) is 5.07. The fraction of sp³-hybridized carbons (Fsp3) is 0.0833. The first-order valence-electron chi connectivity index (χ1n) is 5.19. The highest BCUT2D eigenvalue weighted by Gasteiger charge is 2.24. The number of carboxylic acid groups (broad SMARTS) is 1. The third kappa shape index (κ3) is 2.80. The number of rotatable bonds is 4. The third-order valence-corrected chi connectivity index (χ3v) is 4.58. The molecule has 0 bridgehead atoms. The molecule has 1 N–H and O–H groups in total. The fourth-order valence-electron chi connectivity index (χ4n) is 1.59. The number of hydrogen-bond acceptors (Lipinski definition) is 4. The van der Waals surface area contributed by atoms with Gasteiger partial charge in [-0.05, 0) is 18.2 Å². The van der Waals surface area contributed by atoms with Gasteiger partial charge in [-0.1, -0.05) is 23.7 Å². The predicted molar refractivity (Wildman–Crippen MR) is 68.0 cm³/mol. The highest BCUT2D eigenvalue weighted by Crippen LogP contribution is 2.25. The first-order chi connectivity index (χ1) is 8.92. The molecule has 100 valence electrons. The van der Waals surface area contributed by atoms with E-state index in [2.05, 4.69) is 0 Å². The second-order valence-corrected chi connectivity index (χ2v) is 6.12. The number of carbonyl (C=O) groups is 1. The Hall–Kier alpha value is -1.79. The zero-order chi connectivity index (χ0) is 14.0. The van der Waals surface area contributed by atoms with Gasteiger partial charge in [0.1, 0.15) is 17.1 Å². The van der Waals surface area contributed by atoms with Crippen molar-refractivity contribution in [2.45, 2.75) is 10.6 Å². The Morgan fingerprint density at radius 1 is 1.26 bits per heavy atom. The van der Waals surface area contributed by atoms with E-state index in [1.807, 2.05) is 0 Å². The van der Waals surface area contributed by atoms with Gasteiger partial charge in [-0.25, -0.2) is 13.2 Å². The summed E-state index contributed by atoms with van der Waals surface area (Å²) in [6, 6.07) is 7.17. The smallest absolute Gasteiger partial charge is 0.339 e. The van der Waals surface area contributed by atoms with Crippen LogP contribution in [0, 0.1) is 0 Å². The summed E-state index contributed by atoms with van der Waals surface area (Å²) < 4.78 is 29.2. The quantitative estimate of drug-likeness (QED) is 0.938. The van der Waals surface area contributed by atoms with Crippen LogP contribution in [0.25, 0.3) is 0 Å². The number of benzene rings is 1. The summed E-state index contributed by atoms with van der Waals surface area (Å²) in [6.07, 6.45) is 1.14. The van der Waals surface area contributed by atoms with Gasteiger partial charge in [0.2, 0.25) is 0 Å². The molecular formula is C12H9ClO5S. The number of aromatic carboxylic acids is 1. The van der Waals surface area contributed by atoms with Crippen molar-refractivity contribution in [3.8, 4) is 0 Å². The second-order valence-electron chi connectivity index (χ2n) is 3.75. The van der Waals surface area contributed by atoms with Crippen LogP contribution in [-0.4, -0.2) is 19.5 Å². The van der Waals surface area contributed by atoms with Gasteiger partial charge >= 0.3 is 5.97 Å². The molecule has 1 aromatic heterocycles. The van der Waals surface area contributed by atoms with Crippen molar-refractivity contribution in [2.24, 2.45) is 0 Å². The van der Waals surface area contributed by atoms with Crippen LogP contribution in [0.2, 0.25) is 5.02 Å². The Morgan fingerprint density at radius 3 is 2.58 bits per heavy atom. The number of hydrogen-bond donors (Lipinski definition) is 1. The van der Waals surface area contributed by atoms with Crippen LogP contribution in [0.15, 0.2) is 45.9 Å². The highest BCUT2D eigenvalue weighted by atomic mass is 35.5. The average molecular weight is 301 g/mol. The van der Waals surface area contributed by atoms with E-state index in [0.29, 0.717) is 0 Å². The number of halogens is 1. The van der Waals surface area contributed by atoms with Crippen LogP contribution in [-0.2, 0) is 15.6 Å². The normalized spacial score (nSPS) is 11.4. The van der Waals surface area contributed by atoms with Crippen molar-refractivity contribution in [1.82, 2.24) is 0 Å². The SMILES string of the molecule is O=C(O)c1ccoc1CS(=O)(=O)c1ccccc1Cl. The summed E-state index contributed by atoms with van der Waals surface area (Å²) in [5.74, 6) is -1.91. The largest absolute Gasteiger partial charge is 0.478 e. The summed E-state index contributed by atoms with van der Waals surface area (Å²) >= 11 is 5.83. The van der Waals surface area contributed by atoms with Gasteiger partial charge in [-0.15, -0.1) is 0 Å². The van der Waals surface area contributed by atoms with Gasteiger partial charge in [0.25, 0.3) is 0 Å². The lowest BCUT2D eigenvalue weighted by atomic mass is 10.3. The molecule has 19 heavy (non-hydrogen) atoms. The van der Waals surface area contributed by atoms with E-state index in [9.17, 15) is 13.2 Å². The van der Waals surface area contributed by atoms with E-state index in [1.54, 1.807) is 12.1 Å². The van der Waals surface area contributed by atoms with Gasteiger partial charge in [-0.3, -0.25) is 0 Å². The molecule has 7 heteroatoms. The Morgan fingerprint density at radius 2 is 1.95 bits per heavy atom. The summed E-state index contributed by atoms with van der Waals surface area (Å²) in [4.78, 5) is 10.8. The minimum absolute atomic E-state index is 0.0515. The van der Waals surface area contributed by atoms with E-state index >= 15 is 0 Å². The van der Waals surface area contributed by atoms with E-state index in [-0.39, 0.29) is 21.2 Å². The minimum Gasteiger partial charge on any atom is -0.478 e. The maximum absolute atomic E-state index is 12.2. The number of furan rings is 1. The first kappa shape index (κ1) is 13.6. The lowest BCUT2D eigenvalue weighted by molar-refractivity contribution is 0.0695. The molecule has 0 amide bonds. The molecule has 0 saturated heterocycles. The Balaban J connectivity index is 2.40. The molecule has 0 unspecified atom stereocenters. The summed E-state index contributed by atoms with van der Waals surface area (Å²) in [5.41, 5.74) is -0.171. The molecule has 1 heterocycles. The topological polar surface area (TPSA) is 84.6 Å². The zero-order valence-electron chi connectivity index (χ0n) is 9.54. The van der Waals surface area contributed by atoms with Crippen molar-refractivity contribution in [3.63, 3.8) is 0 Å². The molecule has 0 radical (unpaired) electrons. The van der Waals surface area contributed by atoms with Gasteiger partial charge in [0, 0.05) is 0 Å². The maximum Gasteiger partial charge on any atom is 0.339 e. The van der Waals surface area contributed by atoms with Crippen molar-refractivity contribution >= 4 is 27.4 Å². The van der Waals surface area contributed by atoms with Crippen molar-refractivity contribution in [1.29, 1.82) is 0 Å². The fourth-order valence-corrected chi connectivity index (χ4v) is 3.45. The Labute approximate surface area is 114 Å². The lowest BCUT2D eigenvalue weighted by Gasteiger charge is -2.05. The van der Waals surface area contributed by atoms with Crippen molar-refractivity contribution < 1.29 is 22.7 Å². The lowest BCUT2D eigenvalue weighted by Crippen LogP contribution is -2.08. The van der Waals surface area contributed by atoms with Gasteiger partial charge in [0.15, 0.2) is 9.84 Å². The zero-order valence-corrected chi connectivity index (χ0v) is 11.1. The molecule has 2 aromatic rings. The van der Waals surface area contributed by atoms with Gasteiger partial charge in [-0.2, -0.15) is 0 Å². The van der Waals surface area contributed by atoms with E-state index in [4.69, 9.17) is 21.1 Å². The molecule has 0 saturated carbocycles. The molecule has 0 fully saturated rings. The van der Waals surface area contributed by atoms with Crippen molar-refractivity contribution in [3.05, 3.63) is 52.9 Å². The standard InChI is InChI=1S/C12H9ClO5S/c13-9-3-1-2-4-11(9)19(16,17)7-10-8(12(14)15)5-6-18-10/h1-6H,7H2,(H,14,15). The summed E-state index contributed by atoms with van der Waals surface area (Å²) in [5, 5.41) is 8.98. The molecule has 1 aromatic carbocycles. The number of sulfone groups is 1. The third-order valence-electron chi connectivity index (χ3n) is 2.47. The van der Waals surface area contributed by atoms with Crippen molar-refractivity contribution in [2.75, 3.05) is 0 Å². The van der Waals surface area contributed by atoms with Crippen LogP contribution in [0.5, 0.6) is 0 Å². The molecule has 5 nitrogen and oxygen atoms in total. The van der Waals surface area contributed by atoms with E-state index < -0.39 is 21.6 Å². The van der Waals surface area contributed by atoms with Crippen LogP contribution in [0.3, 0.4) is 0 Å². The Bertz CT molecular complexity index is 717. The monoisotopic (exact) mass is 300 g/mol. The number of carboxylic acids is 1. The minimum atomic E-state index is -3.76. The molecule has 0 atom stereocenters. The molecule has 0 aliphatic carbocycles. The predicted octanol–water partition coefficient (Wildman–Crippen LogP) is 2.61. The molecule has 0 aliphatic rings. The first-order valence-corrected chi connectivity index (χ1v) is 7.22. The van der Waals surface area contributed by atoms with Crippen LogP contribution in [0.4, 0.5) is 0 Å². The molecular weight excluding hydrogens is 292 g/mol.